The molecule has 1 saturated heterocycles. The summed E-state index contributed by atoms with van der Waals surface area (Å²) in [5, 5.41) is 6.69. The molecule has 1 aliphatic heterocycles. The molecule has 0 unspecified atom stereocenters. The van der Waals surface area contributed by atoms with Crippen LogP contribution in [0.5, 0.6) is 0 Å². The van der Waals surface area contributed by atoms with Gasteiger partial charge in [0.2, 0.25) is 0 Å². The molecule has 0 amide bonds. The van der Waals surface area contributed by atoms with E-state index in [-0.39, 0.29) is 5.97 Å². The van der Waals surface area contributed by atoms with E-state index in [4.69, 9.17) is 4.74 Å². The maximum atomic E-state index is 11.5. The summed E-state index contributed by atoms with van der Waals surface area (Å²) < 4.78 is 4.71. The number of piperazine rings is 1. The van der Waals surface area contributed by atoms with Gasteiger partial charge in [-0.15, -0.1) is 0 Å². The standard InChI is InChI=1S/C22H27N3O2/c1-17-4-7-21(18(2)14-17)16-24-10-12-25(13-11-24)23-15-19-5-8-20(9-6-19)22(26)27-3/h4-9,14-15H,10-13,16H2,1-3H3/b23-15+. The molecule has 5 nitrogen and oxygen atoms in total. The Kier molecular flexibility index (Phi) is 6.24. The molecule has 0 aliphatic carbocycles. The van der Waals surface area contributed by atoms with E-state index in [1.54, 1.807) is 12.1 Å². The smallest absolute Gasteiger partial charge is 0.337 e. The highest BCUT2D eigenvalue weighted by molar-refractivity contribution is 5.90. The van der Waals surface area contributed by atoms with E-state index >= 15 is 0 Å². The first kappa shape index (κ1) is 19.1. The number of carbonyl (C=O) groups is 1. The lowest BCUT2D eigenvalue weighted by molar-refractivity contribution is 0.0600. The first-order chi connectivity index (χ1) is 13.0. The number of esters is 1. The number of hydrogen-bond donors (Lipinski definition) is 0. The molecule has 27 heavy (non-hydrogen) atoms. The van der Waals surface area contributed by atoms with Gasteiger partial charge in [0.1, 0.15) is 0 Å². The fourth-order valence-corrected chi connectivity index (χ4v) is 3.25. The number of methoxy groups -OCH3 is 1. The second-order valence-corrected chi connectivity index (χ2v) is 7.02. The topological polar surface area (TPSA) is 45.1 Å². The van der Waals surface area contributed by atoms with Crippen LogP contribution in [0, 0.1) is 13.8 Å². The largest absolute Gasteiger partial charge is 0.465 e. The van der Waals surface area contributed by atoms with Crippen LogP contribution in [0.25, 0.3) is 0 Å². The summed E-state index contributed by atoms with van der Waals surface area (Å²) in [5.74, 6) is -0.321. The third-order valence-corrected chi connectivity index (χ3v) is 4.94. The number of benzene rings is 2. The van der Waals surface area contributed by atoms with Gasteiger partial charge < -0.3 is 4.74 Å². The molecular formula is C22H27N3O2. The summed E-state index contributed by atoms with van der Waals surface area (Å²) in [6.07, 6.45) is 1.85. The van der Waals surface area contributed by atoms with Crippen LogP contribution in [-0.2, 0) is 11.3 Å². The average molecular weight is 365 g/mol. The molecule has 1 aliphatic rings. The summed E-state index contributed by atoms with van der Waals surface area (Å²) in [6, 6.07) is 14.0. The van der Waals surface area contributed by atoms with E-state index < -0.39 is 0 Å². The van der Waals surface area contributed by atoms with Crippen molar-refractivity contribution >= 4 is 12.2 Å². The van der Waals surface area contributed by atoms with Crippen LogP contribution in [0.3, 0.4) is 0 Å². The zero-order valence-corrected chi connectivity index (χ0v) is 16.3. The van der Waals surface area contributed by atoms with Gasteiger partial charge in [-0.3, -0.25) is 9.91 Å². The summed E-state index contributed by atoms with van der Waals surface area (Å²) in [4.78, 5) is 13.9. The molecule has 142 valence electrons. The van der Waals surface area contributed by atoms with Gasteiger partial charge in [0.25, 0.3) is 0 Å². The second-order valence-electron chi connectivity index (χ2n) is 7.02. The van der Waals surface area contributed by atoms with Crippen LogP contribution < -0.4 is 0 Å². The van der Waals surface area contributed by atoms with Gasteiger partial charge in [0.05, 0.1) is 18.9 Å². The molecule has 1 fully saturated rings. The number of hydrogen-bond acceptors (Lipinski definition) is 5. The van der Waals surface area contributed by atoms with Crippen molar-refractivity contribution in [2.24, 2.45) is 5.10 Å². The molecule has 2 aromatic carbocycles. The molecule has 0 aromatic heterocycles. The zero-order valence-electron chi connectivity index (χ0n) is 16.3. The van der Waals surface area contributed by atoms with E-state index in [0.717, 1.165) is 38.3 Å². The Morgan fingerprint density at radius 1 is 1.07 bits per heavy atom. The maximum Gasteiger partial charge on any atom is 0.337 e. The van der Waals surface area contributed by atoms with Crippen molar-refractivity contribution in [2.45, 2.75) is 20.4 Å². The summed E-state index contributed by atoms with van der Waals surface area (Å²) in [5.41, 5.74) is 5.61. The third kappa shape index (κ3) is 5.17. The van der Waals surface area contributed by atoms with Crippen LogP contribution in [-0.4, -0.2) is 55.4 Å². The highest BCUT2D eigenvalue weighted by atomic mass is 16.5. The number of rotatable bonds is 5. The lowest BCUT2D eigenvalue weighted by Crippen LogP contribution is -2.43. The van der Waals surface area contributed by atoms with Crippen molar-refractivity contribution in [1.82, 2.24) is 9.91 Å². The predicted molar refractivity (Wildman–Crippen MR) is 108 cm³/mol. The minimum Gasteiger partial charge on any atom is -0.465 e. The van der Waals surface area contributed by atoms with Crippen molar-refractivity contribution in [3.63, 3.8) is 0 Å². The monoisotopic (exact) mass is 365 g/mol. The minimum absolute atomic E-state index is 0.321. The first-order valence-corrected chi connectivity index (χ1v) is 9.31. The Bertz CT molecular complexity index is 807. The molecule has 0 N–H and O–H groups in total. The van der Waals surface area contributed by atoms with Gasteiger partial charge in [0.15, 0.2) is 0 Å². The Labute approximate surface area is 161 Å². The van der Waals surface area contributed by atoms with Crippen molar-refractivity contribution in [1.29, 1.82) is 0 Å². The Morgan fingerprint density at radius 2 is 1.78 bits per heavy atom. The van der Waals surface area contributed by atoms with Crippen LogP contribution in [0.2, 0.25) is 0 Å². The fourth-order valence-electron chi connectivity index (χ4n) is 3.25. The molecule has 2 aromatic rings. The maximum absolute atomic E-state index is 11.5. The third-order valence-electron chi connectivity index (χ3n) is 4.94. The van der Waals surface area contributed by atoms with Crippen LogP contribution in [0.15, 0.2) is 47.6 Å². The highest BCUT2D eigenvalue weighted by Crippen LogP contribution is 2.14. The minimum atomic E-state index is -0.321. The highest BCUT2D eigenvalue weighted by Gasteiger charge is 2.16. The molecule has 0 saturated carbocycles. The van der Waals surface area contributed by atoms with E-state index in [1.165, 1.54) is 23.8 Å². The van der Waals surface area contributed by atoms with Crippen molar-refractivity contribution < 1.29 is 9.53 Å². The van der Waals surface area contributed by atoms with Gasteiger partial charge in [-0.2, -0.15) is 5.10 Å². The Hall–Kier alpha value is -2.66. The summed E-state index contributed by atoms with van der Waals surface area (Å²) in [6.45, 7) is 9.17. The summed E-state index contributed by atoms with van der Waals surface area (Å²) >= 11 is 0. The number of aryl methyl sites for hydroxylation is 2. The molecule has 0 radical (unpaired) electrons. The van der Waals surface area contributed by atoms with Gasteiger partial charge in [-0.25, -0.2) is 4.79 Å². The van der Waals surface area contributed by atoms with Crippen molar-refractivity contribution in [3.05, 3.63) is 70.3 Å². The van der Waals surface area contributed by atoms with Crippen LogP contribution in [0.4, 0.5) is 0 Å². The van der Waals surface area contributed by atoms with Crippen LogP contribution >= 0.6 is 0 Å². The molecule has 0 atom stereocenters. The lowest BCUT2D eigenvalue weighted by atomic mass is 10.1. The van der Waals surface area contributed by atoms with E-state index in [2.05, 4.69) is 47.1 Å². The second kappa shape index (κ2) is 8.82. The lowest BCUT2D eigenvalue weighted by Gasteiger charge is -2.33. The number of hydrazone groups is 1. The first-order valence-electron chi connectivity index (χ1n) is 9.31. The van der Waals surface area contributed by atoms with E-state index in [0.29, 0.717) is 5.56 Å². The molecule has 0 spiro atoms. The van der Waals surface area contributed by atoms with Gasteiger partial charge >= 0.3 is 5.97 Å². The van der Waals surface area contributed by atoms with Crippen molar-refractivity contribution in [3.8, 4) is 0 Å². The number of nitrogens with zero attached hydrogens (tertiary/aromatic N) is 3. The number of ether oxygens (including phenoxy) is 1. The SMILES string of the molecule is COC(=O)c1ccc(/C=N/N2CCN(Cc3ccc(C)cc3C)CC2)cc1. The summed E-state index contributed by atoms with van der Waals surface area (Å²) in [7, 11) is 1.39. The molecule has 0 bridgehead atoms. The molecule has 1 heterocycles. The fraction of sp³-hybridized carbons (Fsp3) is 0.364. The van der Waals surface area contributed by atoms with Gasteiger partial charge in [0, 0.05) is 32.7 Å². The Balaban J connectivity index is 1.50. The van der Waals surface area contributed by atoms with Gasteiger partial charge in [-0.05, 0) is 42.7 Å². The van der Waals surface area contributed by atoms with E-state index in [9.17, 15) is 4.79 Å². The molecular weight excluding hydrogens is 338 g/mol. The number of carbonyl (C=O) groups excluding carboxylic acids is 1. The van der Waals surface area contributed by atoms with E-state index in [1.807, 2.05) is 18.3 Å². The van der Waals surface area contributed by atoms with Gasteiger partial charge in [-0.1, -0.05) is 35.9 Å². The van der Waals surface area contributed by atoms with Crippen LogP contribution in [0.1, 0.15) is 32.6 Å². The molecule has 3 rings (SSSR count). The van der Waals surface area contributed by atoms with Crippen molar-refractivity contribution in [2.75, 3.05) is 33.3 Å². The zero-order chi connectivity index (χ0) is 19.2. The predicted octanol–water partition coefficient (Wildman–Crippen LogP) is 3.24. The quantitative estimate of drug-likeness (QED) is 0.603. The average Bonchev–Trinajstić information content (AvgIpc) is 2.69. The normalized spacial score (nSPS) is 15.3. The Morgan fingerprint density at radius 3 is 2.41 bits per heavy atom. The molecule has 5 heteroatoms.